The van der Waals surface area contributed by atoms with Gasteiger partial charge in [-0.05, 0) is 43.9 Å². The van der Waals surface area contributed by atoms with E-state index in [0.29, 0.717) is 18.0 Å². The Bertz CT molecular complexity index is 802. The Morgan fingerprint density at radius 2 is 2.24 bits per heavy atom. The molecule has 3 fully saturated rings. The Kier molecular flexibility index (Phi) is 3.27. The average molecular weight is 341 g/mol. The molecule has 5 rings (SSSR count). The molecule has 25 heavy (non-hydrogen) atoms. The van der Waals surface area contributed by atoms with Gasteiger partial charge in [0.15, 0.2) is 6.39 Å². The van der Waals surface area contributed by atoms with Gasteiger partial charge < -0.3 is 13.9 Å². The van der Waals surface area contributed by atoms with Crippen molar-refractivity contribution in [2.75, 3.05) is 13.1 Å². The molecular formula is C18H23N5O2. The summed E-state index contributed by atoms with van der Waals surface area (Å²) in [5.41, 5.74) is 0.825. The minimum Gasteiger partial charge on any atom is -0.438 e. The molecular weight excluding hydrogens is 318 g/mol. The van der Waals surface area contributed by atoms with Crippen LogP contribution in [0.2, 0.25) is 0 Å². The maximum Gasteiger partial charge on any atom is 0.291 e. The van der Waals surface area contributed by atoms with E-state index in [1.165, 1.54) is 25.7 Å². The van der Waals surface area contributed by atoms with Crippen LogP contribution in [0.3, 0.4) is 0 Å². The van der Waals surface area contributed by atoms with E-state index in [4.69, 9.17) is 4.42 Å². The maximum atomic E-state index is 12.9. The molecule has 1 saturated heterocycles. The summed E-state index contributed by atoms with van der Waals surface area (Å²) in [5, 5.41) is 8.66. The molecule has 2 aromatic rings. The standard InChI is InChI=1S/C18H23N5O2/c1-12-15(25-11-19-12)17(24)22-8-14(18(9-22)5-2-6-18)16-21-20-10-23(16)7-13-3-4-13/h10-11,13-14H,2-9H2,1H3. The van der Waals surface area contributed by atoms with Crippen LogP contribution in [0, 0.1) is 18.3 Å². The van der Waals surface area contributed by atoms with Gasteiger partial charge in [0.1, 0.15) is 12.2 Å². The Morgan fingerprint density at radius 1 is 1.40 bits per heavy atom. The normalized spacial score (nSPS) is 24.7. The minimum atomic E-state index is -0.0444. The number of amides is 1. The van der Waals surface area contributed by atoms with Crippen LogP contribution in [-0.4, -0.2) is 43.6 Å². The third-order valence-corrected chi connectivity index (χ3v) is 6.33. The van der Waals surface area contributed by atoms with Gasteiger partial charge in [-0.15, -0.1) is 10.2 Å². The number of hydrogen-bond donors (Lipinski definition) is 0. The summed E-state index contributed by atoms with van der Waals surface area (Å²) in [6.45, 7) is 4.31. The second kappa shape index (κ2) is 5.41. The molecule has 0 radical (unpaired) electrons. The van der Waals surface area contributed by atoms with Crippen molar-refractivity contribution < 1.29 is 9.21 Å². The molecule has 7 nitrogen and oxygen atoms in total. The summed E-state index contributed by atoms with van der Waals surface area (Å²) in [4.78, 5) is 18.9. The lowest BCUT2D eigenvalue weighted by molar-refractivity contribution is 0.0693. The third kappa shape index (κ3) is 2.40. The Labute approximate surface area is 146 Å². The Balaban J connectivity index is 1.43. The third-order valence-electron chi connectivity index (χ3n) is 6.33. The molecule has 3 aliphatic rings. The van der Waals surface area contributed by atoms with E-state index in [-0.39, 0.29) is 17.2 Å². The SMILES string of the molecule is Cc1ncoc1C(=O)N1CC(c2nncn2CC2CC2)C2(CCC2)C1. The molecule has 0 N–H and O–H groups in total. The smallest absolute Gasteiger partial charge is 0.291 e. The minimum absolute atomic E-state index is 0.0444. The molecule has 0 bridgehead atoms. The monoisotopic (exact) mass is 341 g/mol. The van der Waals surface area contributed by atoms with E-state index in [2.05, 4.69) is 19.7 Å². The first-order valence-corrected chi connectivity index (χ1v) is 9.23. The van der Waals surface area contributed by atoms with Crippen molar-refractivity contribution in [1.82, 2.24) is 24.6 Å². The Morgan fingerprint density at radius 3 is 2.88 bits per heavy atom. The molecule has 1 spiro atoms. The van der Waals surface area contributed by atoms with Crippen LogP contribution >= 0.6 is 0 Å². The van der Waals surface area contributed by atoms with E-state index in [1.807, 2.05) is 18.2 Å². The van der Waals surface area contributed by atoms with Gasteiger partial charge >= 0.3 is 0 Å². The van der Waals surface area contributed by atoms with E-state index >= 15 is 0 Å². The fourth-order valence-electron chi connectivity index (χ4n) is 4.52. The first-order chi connectivity index (χ1) is 12.2. The lowest BCUT2D eigenvalue weighted by atomic mass is 9.62. The predicted molar refractivity (Wildman–Crippen MR) is 88.9 cm³/mol. The molecule has 2 aliphatic carbocycles. The van der Waals surface area contributed by atoms with Gasteiger partial charge in [0.05, 0.1) is 5.69 Å². The lowest BCUT2D eigenvalue weighted by Crippen LogP contribution is -2.38. The second-order valence-electron chi connectivity index (χ2n) is 8.01. The van der Waals surface area contributed by atoms with Crippen molar-refractivity contribution >= 4 is 5.91 Å². The van der Waals surface area contributed by atoms with Gasteiger partial charge in [-0.3, -0.25) is 4.79 Å². The van der Waals surface area contributed by atoms with Crippen LogP contribution in [0.1, 0.15) is 60.1 Å². The van der Waals surface area contributed by atoms with Crippen molar-refractivity contribution in [3.8, 4) is 0 Å². The van der Waals surface area contributed by atoms with Crippen molar-refractivity contribution in [3.05, 3.63) is 30.0 Å². The van der Waals surface area contributed by atoms with Gasteiger partial charge in [0.2, 0.25) is 5.76 Å². The first-order valence-electron chi connectivity index (χ1n) is 9.23. The zero-order chi connectivity index (χ0) is 17.0. The average Bonchev–Trinajstić information content (AvgIpc) is 2.98. The van der Waals surface area contributed by atoms with E-state index < -0.39 is 0 Å². The number of likely N-dealkylation sites (tertiary alicyclic amines) is 1. The number of oxazole rings is 1. The van der Waals surface area contributed by atoms with Crippen LogP contribution < -0.4 is 0 Å². The van der Waals surface area contributed by atoms with Gasteiger partial charge in [0, 0.05) is 25.6 Å². The largest absolute Gasteiger partial charge is 0.438 e. The van der Waals surface area contributed by atoms with Crippen LogP contribution in [0.15, 0.2) is 17.1 Å². The zero-order valence-corrected chi connectivity index (χ0v) is 14.5. The topological polar surface area (TPSA) is 77.1 Å². The second-order valence-corrected chi connectivity index (χ2v) is 8.01. The molecule has 3 heterocycles. The summed E-state index contributed by atoms with van der Waals surface area (Å²) in [5.74, 6) is 2.44. The summed E-state index contributed by atoms with van der Waals surface area (Å²) in [6, 6.07) is 0. The fourth-order valence-corrected chi connectivity index (χ4v) is 4.52. The lowest BCUT2D eigenvalue weighted by Gasteiger charge is -2.42. The molecule has 7 heteroatoms. The number of carbonyl (C=O) groups is 1. The molecule has 1 aliphatic heterocycles. The van der Waals surface area contributed by atoms with E-state index in [0.717, 1.165) is 37.7 Å². The van der Waals surface area contributed by atoms with Gasteiger partial charge in [-0.1, -0.05) is 6.42 Å². The fraction of sp³-hybridized carbons (Fsp3) is 0.667. The molecule has 2 aromatic heterocycles. The summed E-state index contributed by atoms with van der Waals surface area (Å²) in [6.07, 6.45) is 9.38. The number of hydrogen-bond acceptors (Lipinski definition) is 5. The molecule has 0 aromatic carbocycles. The summed E-state index contributed by atoms with van der Waals surface area (Å²) >= 11 is 0. The molecule has 1 amide bonds. The van der Waals surface area contributed by atoms with Crippen LogP contribution in [-0.2, 0) is 6.54 Å². The van der Waals surface area contributed by atoms with E-state index in [1.54, 1.807) is 0 Å². The molecule has 132 valence electrons. The van der Waals surface area contributed by atoms with Gasteiger partial charge in [0.25, 0.3) is 5.91 Å². The number of nitrogens with zero attached hydrogens (tertiary/aromatic N) is 5. The number of aromatic nitrogens is 4. The summed E-state index contributed by atoms with van der Waals surface area (Å²) < 4.78 is 7.57. The van der Waals surface area contributed by atoms with E-state index in [9.17, 15) is 4.79 Å². The van der Waals surface area contributed by atoms with Crippen molar-refractivity contribution in [2.45, 2.75) is 51.5 Å². The predicted octanol–water partition coefficient (Wildman–Crippen LogP) is 2.39. The maximum absolute atomic E-state index is 12.9. The van der Waals surface area contributed by atoms with Gasteiger partial charge in [-0.2, -0.15) is 0 Å². The van der Waals surface area contributed by atoms with Crippen LogP contribution in [0.25, 0.3) is 0 Å². The van der Waals surface area contributed by atoms with Crippen molar-refractivity contribution in [2.24, 2.45) is 11.3 Å². The number of rotatable bonds is 4. The van der Waals surface area contributed by atoms with Crippen LogP contribution in [0.5, 0.6) is 0 Å². The van der Waals surface area contributed by atoms with Crippen molar-refractivity contribution in [1.29, 1.82) is 0 Å². The molecule has 2 saturated carbocycles. The van der Waals surface area contributed by atoms with Crippen LogP contribution in [0.4, 0.5) is 0 Å². The molecule has 1 atom stereocenters. The highest BCUT2D eigenvalue weighted by atomic mass is 16.3. The quantitative estimate of drug-likeness (QED) is 0.853. The molecule has 1 unspecified atom stereocenters. The highest BCUT2D eigenvalue weighted by Crippen LogP contribution is 2.55. The highest BCUT2D eigenvalue weighted by molar-refractivity contribution is 5.92. The van der Waals surface area contributed by atoms with Crippen molar-refractivity contribution in [3.63, 3.8) is 0 Å². The Hall–Kier alpha value is -2.18. The summed E-state index contributed by atoms with van der Waals surface area (Å²) in [7, 11) is 0. The highest BCUT2D eigenvalue weighted by Gasteiger charge is 2.54. The first kappa shape index (κ1) is 15.1. The zero-order valence-electron chi connectivity index (χ0n) is 14.5. The van der Waals surface area contributed by atoms with Gasteiger partial charge in [-0.25, -0.2) is 4.98 Å². The number of carbonyl (C=O) groups excluding carboxylic acids is 1. The number of aryl methyl sites for hydroxylation is 1.